The molecule has 16 heteroatoms. The average Bonchev–Trinajstić information content (AvgIpc) is 3.81. The Morgan fingerprint density at radius 1 is 0.741 bits per heavy atom. The van der Waals surface area contributed by atoms with Crippen molar-refractivity contribution in [2.75, 3.05) is 40.4 Å². The van der Waals surface area contributed by atoms with Gasteiger partial charge in [-0.1, -0.05) is 37.5 Å². The smallest absolute Gasteiger partial charge is 0.277 e. The van der Waals surface area contributed by atoms with Gasteiger partial charge in [-0.25, -0.2) is 9.97 Å². The highest BCUT2D eigenvalue weighted by atomic mass is 32.1. The molecule has 4 aliphatic heterocycles. The molecular weight excluding hydrogens is 781 g/mol. The van der Waals surface area contributed by atoms with Crippen LogP contribution in [0.2, 0.25) is 0 Å². The number of fused-ring (bicyclic) bond motifs is 6. The molecule has 0 bridgehead atoms. The summed E-state index contributed by atoms with van der Waals surface area (Å²) < 4.78 is 11.8. The monoisotopic (exact) mass is 822 g/mol. The van der Waals surface area contributed by atoms with Gasteiger partial charge in [-0.3, -0.25) is 19.2 Å². The molecule has 4 amide bonds. The first kappa shape index (κ1) is 40.4. The Labute approximate surface area is 343 Å². The van der Waals surface area contributed by atoms with E-state index in [0.717, 1.165) is 20.9 Å². The van der Waals surface area contributed by atoms with E-state index < -0.39 is 23.0 Å². The van der Waals surface area contributed by atoms with Crippen molar-refractivity contribution in [2.45, 2.75) is 62.6 Å². The zero-order valence-electron chi connectivity index (χ0n) is 32.4. The number of aromatic nitrogens is 2. The SMILES string of the molecule is C[C@@H]1COc2ccc(C#C[C@]3(O)CCCN(C)C3=O)cc2-c2nc(C(N)=O)sc21.C[C@H]1COc2ccc(C#C[C@]3(O)CCCN(C)C3=O)cc2-c2nc(C(N)=O)sc21. The highest BCUT2D eigenvalue weighted by molar-refractivity contribution is 7.14. The normalized spacial score (nSPS) is 23.2. The lowest BCUT2D eigenvalue weighted by atomic mass is 9.92. The molecular formula is C42H42N6O8S2. The number of nitrogens with zero attached hydrogens (tertiary/aromatic N) is 4. The van der Waals surface area contributed by atoms with E-state index in [1.54, 1.807) is 38.4 Å². The van der Waals surface area contributed by atoms with Crippen LogP contribution >= 0.6 is 22.7 Å². The summed E-state index contributed by atoms with van der Waals surface area (Å²) in [5, 5.41) is 21.8. The van der Waals surface area contributed by atoms with Crippen LogP contribution in [0.4, 0.5) is 0 Å². The van der Waals surface area contributed by atoms with Crippen molar-refractivity contribution in [2.24, 2.45) is 11.5 Å². The zero-order valence-corrected chi connectivity index (χ0v) is 34.0. The van der Waals surface area contributed by atoms with Crippen molar-refractivity contribution >= 4 is 46.3 Å². The number of primary amides is 2. The second-order valence-corrected chi connectivity index (χ2v) is 17.0. The van der Waals surface area contributed by atoms with Crippen LogP contribution in [0.5, 0.6) is 11.5 Å². The van der Waals surface area contributed by atoms with Crippen LogP contribution in [0.15, 0.2) is 36.4 Å². The molecule has 0 spiro atoms. The minimum absolute atomic E-state index is 0.0636. The second-order valence-electron chi connectivity index (χ2n) is 14.9. The van der Waals surface area contributed by atoms with Crippen LogP contribution in [0.3, 0.4) is 0 Å². The van der Waals surface area contributed by atoms with E-state index >= 15 is 0 Å². The van der Waals surface area contributed by atoms with Crippen LogP contribution in [0.25, 0.3) is 22.5 Å². The molecule has 6 N–H and O–H groups in total. The van der Waals surface area contributed by atoms with Gasteiger partial charge in [0, 0.05) is 71.0 Å². The number of likely N-dealkylation sites (N-methyl/N-ethyl adjacent to an activating group) is 2. The van der Waals surface area contributed by atoms with E-state index in [9.17, 15) is 29.4 Å². The fourth-order valence-corrected chi connectivity index (χ4v) is 9.06. The highest BCUT2D eigenvalue weighted by Gasteiger charge is 2.40. The van der Waals surface area contributed by atoms with E-state index in [1.165, 1.54) is 32.5 Å². The lowest BCUT2D eigenvalue weighted by molar-refractivity contribution is -0.149. The third-order valence-corrected chi connectivity index (χ3v) is 13.0. The van der Waals surface area contributed by atoms with Gasteiger partial charge >= 0.3 is 0 Å². The standard InChI is InChI=1S/2C21H21N3O4S/c2*1-12-11-28-15-5-4-13(6-8-21(27)7-3-9-24(2)20(21)26)10-14(15)16-17(12)29-19(23-16)18(22)25/h2*4-5,10,12,27H,3,7,9,11H2,1-2H3,(H2,22,25)/t12-,21+;12-,21-/m01/s1. The summed E-state index contributed by atoms with van der Waals surface area (Å²) in [6, 6.07) is 10.8. The molecule has 4 aliphatic rings. The van der Waals surface area contributed by atoms with Crippen molar-refractivity contribution < 1.29 is 38.9 Å². The van der Waals surface area contributed by atoms with Crippen LogP contribution in [0, 0.1) is 23.7 Å². The molecule has 2 aromatic heterocycles. The zero-order chi connectivity index (χ0) is 41.5. The van der Waals surface area contributed by atoms with Gasteiger partial charge in [0.1, 0.15) is 11.5 Å². The van der Waals surface area contributed by atoms with E-state index in [1.807, 2.05) is 26.0 Å². The van der Waals surface area contributed by atoms with E-state index in [4.69, 9.17) is 20.9 Å². The van der Waals surface area contributed by atoms with E-state index in [-0.39, 0.29) is 33.7 Å². The number of hydrogen-bond acceptors (Lipinski definition) is 12. The van der Waals surface area contributed by atoms with Crippen molar-refractivity contribution in [3.8, 4) is 57.7 Å². The number of benzene rings is 2. The topological polar surface area (TPSA) is 212 Å². The molecule has 4 atom stereocenters. The predicted molar refractivity (Wildman–Crippen MR) is 217 cm³/mol. The number of aliphatic hydroxyl groups is 2. The third kappa shape index (κ3) is 7.88. The fourth-order valence-electron chi connectivity index (χ4n) is 7.12. The largest absolute Gasteiger partial charge is 0.492 e. The summed E-state index contributed by atoms with van der Waals surface area (Å²) >= 11 is 2.56. The molecule has 2 fully saturated rings. The van der Waals surface area contributed by atoms with Crippen molar-refractivity contribution in [1.82, 2.24) is 19.8 Å². The van der Waals surface area contributed by atoms with Crippen molar-refractivity contribution in [3.05, 3.63) is 67.3 Å². The predicted octanol–water partition coefficient (Wildman–Crippen LogP) is 3.48. The molecule has 8 rings (SSSR count). The number of hydrogen-bond donors (Lipinski definition) is 4. The minimum Gasteiger partial charge on any atom is -0.492 e. The Bertz CT molecular complexity index is 2300. The summed E-state index contributed by atoms with van der Waals surface area (Å²) in [5.74, 6) is 10.9. The number of amides is 4. The lowest BCUT2D eigenvalue weighted by Gasteiger charge is -2.32. The number of likely N-dealkylation sites (tertiary alicyclic amines) is 2. The molecule has 0 saturated carbocycles. The van der Waals surface area contributed by atoms with Gasteiger partial charge in [0.05, 0.1) is 24.6 Å². The van der Waals surface area contributed by atoms with E-state index in [2.05, 4.69) is 33.6 Å². The molecule has 2 aromatic carbocycles. The summed E-state index contributed by atoms with van der Waals surface area (Å²) in [4.78, 5) is 61.6. The maximum Gasteiger partial charge on any atom is 0.277 e. The molecule has 4 aromatic rings. The molecule has 58 heavy (non-hydrogen) atoms. The van der Waals surface area contributed by atoms with Crippen LogP contribution in [-0.2, 0) is 9.59 Å². The summed E-state index contributed by atoms with van der Waals surface area (Å²) in [6.45, 7) is 6.18. The van der Waals surface area contributed by atoms with Gasteiger partial charge in [0.15, 0.2) is 10.0 Å². The molecule has 6 heterocycles. The number of thiazole rings is 2. The molecule has 0 radical (unpaired) electrons. The summed E-state index contributed by atoms with van der Waals surface area (Å²) in [6.07, 6.45) is 2.02. The van der Waals surface area contributed by atoms with Gasteiger partial charge in [-0.05, 0) is 62.1 Å². The molecule has 2 saturated heterocycles. The van der Waals surface area contributed by atoms with Gasteiger partial charge < -0.3 is 41.0 Å². The Morgan fingerprint density at radius 2 is 1.14 bits per heavy atom. The minimum atomic E-state index is -1.67. The number of nitrogens with two attached hydrogens (primary N) is 2. The summed E-state index contributed by atoms with van der Waals surface area (Å²) in [5.41, 5.74) is 11.5. The Kier molecular flexibility index (Phi) is 11.1. The van der Waals surface area contributed by atoms with Crippen molar-refractivity contribution in [1.29, 1.82) is 0 Å². The number of piperidine rings is 2. The summed E-state index contributed by atoms with van der Waals surface area (Å²) in [7, 11) is 3.32. The highest BCUT2D eigenvalue weighted by Crippen LogP contribution is 2.43. The van der Waals surface area contributed by atoms with Crippen molar-refractivity contribution in [3.63, 3.8) is 0 Å². The van der Waals surface area contributed by atoms with Gasteiger partial charge in [-0.2, -0.15) is 0 Å². The van der Waals surface area contributed by atoms with Crippen LogP contribution in [0.1, 0.15) is 91.9 Å². The first-order valence-electron chi connectivity index (χ1n) is 18.7. The van der Waals surface area contributed by atoms with Gasteiger partial charge in [0.2, 0.25) is 11.2 Å². The van der Waals surface area contributed by atoms with Crippen LogP contribution < -0.4 is 20.9 Å². The third-order valence-electron chi connectivity index (χ3n) is 10.4. The maximum atomic E-state index is 12.3. The average molecular weight is 823 g/mol. The molecule has 14 nitrogen and oxygen atoms in total. The Balaban J connectivity index is 0.000000177. The lowest BCUT2D eigenvalue weighted by Crippen LogP contribution is -2.51. The van der Waals surface area contributed by atoms with Crippen LogP contribution in [-0.4, -0.2) is 105 Å². The molecule has 0 unspecified atom stereocenters. The Hall–Kier alpha value is -5.78. The number of carbonyl (C=O) groups is 4. The first-order valence-corrected chi connectivity index (χ1v) is 20.4. The number of ether oxygens (including phenoxy) is 2. The fraction of sp³-hybridized carbons (Fsp3) is 0.381. The van der Waals surface area contributed by atoms with Gasteiger partial charge in [-0.15, -0.1) is 22.7 Å². The second kappa shape index (κ2) is 15.9. The van der Waals surface area contributed by atoms with Gasteiger partial charge in [0.25, 0.3) is 23.6 Å². The maximum absolute atomic E-state index is 12.3. The number of rotatable bonds is 2. The number of carbonyl (C=O) groups excluding carboxylic acids is 4. The molecule has 0 aliphatic carbocycles. The Morgan fingerprint density at radius 3 is 1.52 bits per heavy atom. The first-order chi connectivity index (χ1) is 27.6. The quantitative estimate of drug-likeness (QED) is 0.216. The van der Waals surface area contributed by atoms with E-state index in [0.29, 0.717) is 86.0 Å². The molecule has 300 valence electrons.